The number of nitrogens with one attached hydrogen (secondary N) is 2. The first-order chi connectivity index (χ1) is 24.8. The van der Waals surface area contributed by atoms with Crippen LogP contribution >= 0.6 is 0 Å². The summed E-state index contributed by atoms with van der Waals surface area (Å²) in [5.74, 6) is -0.191. The van der Waals surface area contributed by atoms with Crippen molar-refractivity contribution in [3.8, 4) is 28.7 Å². The van der Waals surface area contributed by atoms with Gasteiger partial charge in [0, 0.05) is 43.5 Å². The summed E-state index contributed by atoms with van der Waals surface area (Å²) < 4.78 is 13.1. The molecule has 0 spiro atoms. The maximum Gasteiger partial charge on any atom is 0.310 e. The number of anilines is 1. The molecule has 1 amide bonds. The van der Waals surface area contributed by atoms with Gasteiger partial charge in [-0.1, -0.05) is 24.3 Å². The number of hydrogen-bond acceptors (Lipinski definition) is 10. The average Bonchev–Trinajstić information content (AvgIpc) is 3.90. The van der Waals surface area contributed by atoms with Crippen LogP contribution < -0.4 is 10.6 Å². The monoisotopic (exact) mass is 687 g/mol. The van der Waals surface area contributed by atoms with Crippen molar-refractivity contribution in [3.05, 3.63) is 88.2 Å². The first kappa shape index (κ1) is 34.1. The average molecular weight is 688 g/mol. The minimum absolute atomic E-state index is 0.0485. The summed E-state index contributed by atoms with van der Waals surface area (Å²) in [5.41, 5.74) is 8.95. The van der Waals surface area contributed by atoms with E-state index in [1.165, 1.54) is 7.11 Å². The third-order valence-electron chi connectivity index (χ3n) is 10.1. The summed E-state index contributed by atoms with van der Waals surface area (Å²) in [7, 11) is 1.42. The zero-order valence-electron chi connectivity index (χ0n) is 29.0. The van der Waals surface area contributed by atoms with Crippen molar-refractivity contribution in [1.29, 1.82) is 5.26 Å². The van der Waals surface area contributed by atoms with Gasteiger partial charge in [-0.3, -0.25) is 19.2 Å². The van der Waals surface area contributed by atoms with Crippen molar-refractivity contribution in [2.45, 2.75) is 52.2 Å². The van der Waals surface area contributed by atoms with E-state index in [9.17, 15) is 20.0 Å². The number of aromatic nitrogens is 3. The minimum atomic E-state index is -0.282. The van der Waals surface area contributed by atoms with E-state index < -0.39 is 0 Å². The summed E-state index contributed by atoms with van der Waals surface area (Å²) in [6.07, 6.45) is 2.62. The number of hydrogen-bond donors (Lipinski definition) is 3. The Labute approximate surface area is 296 Å². The van der Waals surface area contributed by atoms with Crippen LogP contribution in [0.15, 0.2) is 59.0 Å². The second kappa shape index (κ2) is 14.5. The zero-order valence-corrected chi connectivity index (χ0v) is 29.0. The summed E-state index contributed by atoms with van der Waals surface area (Å²) in [6, 6.07) is 19.7. The van der Waals surface area contributed by atoms with Crippen LogP contribution in [0.1, 0.15) is 63.7 Å². The van der Waals surface area contributed by atoms with E-state index in [1.54, 1.807) is 0 Å². The quantitative estimate of drug-likeness (QED) is 0.160. The number of methoxy groups -OCH3 is 1. The second-order valence-electron chi connectivity index (χ2n) is 13.3. The fraction of sp³-hybridized carbons (Fsp3) is 0.359. The zero-order chi connectivity index (χ0) is 35.6. The summed E-state index contributed by atoms with van der Waals surface area (Å²) in [5, 5.41) is 30.3. The molecule has 0 radical (unpaired) electrons. The number of esters is 1. The van der Waals surface area contributed by atoms with Gasteiger partial charge in [0.1, 0.15) is 11.6 Å². The van der Waals surface area contributed by atoms with Gasteiger partial charge in [-0.15, -0.1) is 0 Å². The maximum atomic E-state index is 13.5. The molecule has 0 bridgehead atoms. The fourth-order valence-electron chi connectivity index (χ4n) is 7.42. The molecule has 2 aromatic heterocycles. The molecule has 262 valence electrons. The number of rotatable bonds is 10. The van der Waals surface area contributed by atoms with Crippen LogP contribution in [0.3, 0.4) is 0 Å². The number of carbonyl (C=O) groups excluding carboxylic acids is 2. The van der Waals surface area contributed by atoms with Gasteiger partial charge < -0.3 is 24.9 Å². The van der Waals surface area contributed by atoms with Gasteiger partial charge in [0.05, 0.1) is 30.9 Å². The van der Waals surface area contributed by atoms with E-state index in [1.807, 2.05) is 73.1 Å². The number of carbonyl (C=O) groups is 2. The van der Waals surface area contributed by atoms with E-state index in [-0.39, 0.29) is 30.4 Å². The van der Waals surface area contributed by atoms with Crippen LogP contribution in [0.5, 0.6) is 0 Å². The molecule has 0 aliphatic carbocycles. The highest BCUT2D eigenvalue weighted by Gasteiger charge is 2.29. The van der Waals surface area contributed by atoms with Gasteiger partial charge in [-0.25, -0.2) is 4.98 Å². The number of aliphatic hydroxyl groups is 1. The Morgan fingerprint density at radius 3 is 2.63 bits per heavy atom. The molecule has 12 heteroatoms. The topological polar surface area (TPSA) is 159 Å². The lowest BCUT2D eigenvalue weighted by Crippen LogP contribution is -2.29. The highest BCUT2D eigenvalue weighted by molar-refractivity contribution is 6.04. The SMILES string of the molecule is COC(=O)[C@@H]1CCN(Cc2cc(C#N)c3oc(-c4cccc(-c5cccc(NC(=O)c6cc7n(n6)CCCC7NCCO)c5C)c4C)nc3c2)C1. The van der Waals surface area contributed by atoms with Gasteiger partial charge in [0.2, 0.25) is 5.89 Å². The number of likely N-dealkylation sites (tertiary alicyclic amines) is 1. The fourth-order valence-corrected chi connectivity index (χ4v) is 7.42. The first-order valence-corrected chi connectivity index (χ1v) is 17.3. The van der Waals surface area contributed by atoms with E-state index >= 15 is 0 Å². The number of nitriles is 1. The largest absolute Gasteiger partial charge is 0.469 e. The van der Waals surface area contributed by atoms with Crippen molar-refractivity contribution in [2.75, 3.05) is 38.7 Å². The Balaban J connectivity index is 1.14. The molecule has 5 aromatic rings. The third kappa shape index (κ3) is 6.76. The van der Waals surface area contributed by atoms with E-state index in [4.69, 9.17) is 14.1 Å². The number of aliphatic hydroxyl groups excluding tert-OH is 1. The molecule has 0 saturated carbocycles. The molecular weight excluding hydrogens is 646 g/mol. The van der Waals surface area contributed by atoms with Crippen LogP contribution in [0.4, 0.5) is 5.69 Å². The number of fused-ring (bicyclic) bond motifs is 2. The van der Waals surface area contributed by atoms with Crippen molar-refractivity contribution in [1.82, 2.24) is 25.0 Å². The number of aryl methyl sites for hydroxylation is 1. The molecule has 2 aliphatic rings. The number of amides is 1. The van der Waals surface area contributed by atoms with Crippen LogP contribution in [0.25, 0.3) is 33.7 Å². The molecule has 1 fully saturated rings. The highest BCUT2D eigenvalue weighted by atomic mass is 16.5. The lowest BCUT2D eigenvalue weighted by atomic mass is 9.93. The number of oxazole rings is 1. The molecule has 7 rings (SSSR count). The van der Waals surface area contributed by atoms with Gasteiger partial charge in [0.15, 0.2) is 11.3 Å². The highest BCUT2D eigenvalue weighted by Crippen LogP contribution is 2.37. The summed E-state index contributed by atoms with van der Waals surface area (Å²) in [4.78, 5) is 32.5. The van der Waals surface area contributed by atoms with E-state index in [0.717, 1.165) is 71.4 Å². The molecule has 3 N–H and O–H groups in total. The van der Waals surface area contributed by atoms with E-state index in [2.05, 4.69) is 26.7 Å². The van der Waals surface area contributed by atoms with Gasteiger partial charge >= 0.3 is 5.97 Å². The molecule has 51 heavy (non-hydrogen) atoms. The standard InChI is InChI=1S/C39H41N7O5/c1-23-28(29-8-5-10-31(24(29)2)42-37(48)34-19-35-32(41-13-16-47)11-6-14-46(35)44-34)7-4-9-30(23)38-43-33-18-25(17-27(20-40)36(33)51-38)21-45-15-12-26(22-45)39(49)50-3/h4-5,7-10,17-19,26,32,41,47H,6,11-16,21-22H2,1-3H3,(H,42,48)/t26-,32?/m1/s1. The number of nitrogens with zero attached hydrogens (tertiary/aromatic N) is 5. The van der Waals surface area contributed by atoms with Crippen molar-refractivity contribution in [3.63, 3.8) is 0 Å². The molecular formula is C39H41N7O5. The van der Waals surface area contributed by atoms with E-state index in [0.29, 0.717) is 53.6 Å². The molecule has 12 nitrogen and oxygen atoms in total. The molecule has 4 heterocycles. The van der Waals surface area contributed by atoms with Crippen LogP contribution in [-0.4, -0.2) is 70.0 Å². The molecule has 1 unspecified atom stereocenters. The van der Waals surface area contributed by atoms with Crippen LogP contribution in [-0.2, 0) is 22.6 Å². The lowest BCUT2D eigenvalue weighted by Gasteiger charge is -2.24. The molecule has 2 atom stereocenters. The van der Waals surface area contributed by atoms with Crippen molar-refractivity contribution in [2.24, 2.45) is 5.92 Å². The van der Waals surface area contributed by atoms with Crippen molar-refractivity contribution < 1.29 is 23.8 Å². The molecule has 1 saturated heterocycles. The van der Waals surface area contributed by atoms with Crippen molar-refractivity contribution >= 4 is 28.7 Å². The Morgan fingerprint density at radius 2 is 1.84 bits per heavy atom. The second-order valence-corrected chi connectivity index (χ2v) is 13.3. The van der Waals surface area contributed by atoms with Gasteiger partial charge in [-0.05, 0) is 97.8 Å². The Morgan fingerprint density at radius 1 is 1.06 bits per heavy atom. The molecule has 2 aliphatic heterocycles. The Hall–Kier alpha value is -5.35. The maximum absolute atomic E-state index is 13.5. The Bertz CT molecular complexity index is 2160. The lowest BCUT2D eigenvalue weighted by molar-refractivity contribution is -0.144. The number of ether oxygens (including phenoxy) is 1. The van der Waals surface area contributed by atoms with Crippen LogP contribution in [0.2, 0.25) is 0 Å². The number of benzene rings is 3. The first-order valence-electron chi connectivity index (χ1n) is 17.3. The van der Waals surface area contributed by atoms with Gasteiger partial charge in [0.25, 0.3) is 5.91 Å². The Kier molecular flexibility index (Phi) is 9.69. The predicted molar refractivity (Wildman–Crippen MR) is 192 cm³/mol. The normalized spacial score (nSPS) is 17.3. The van der Waals surface area contributed by atoms with Crippen LogP contribution in [0, 0.1) is 31.1 Å². The third-order valence-corrected chi connectivity index (χ3v) is 10.1. The van der Waals surface area contributed by atoms with Gasteiger partial charge in [-0.2, -0.15) is 10.4 Å². The minimum Gasteiger partial charge on any atom is -0.469 e. The summed E-state index contributed by atoms with van der Waals surface area (Å²) >= 11 is 0. The molecule has 3 aromatic carbocycles. The smallest absolute Gasteiger partial charge is 0.310 e. The summed E-state index contributed by atoms with van der Waals surface area (Å²) in [6.45, 7) is 7.26. The predicted octanol–water partition coefficient (Wildman–Crippen LogP) is 5.51.